The van der Waals surface area contributed by atoms with Gasteiger partial charge in [0.05, 0.1) is 33.0 Å². The Hall–Kier alpha value is -2.83. The van der Waals surface area contributed by atoms with E-state index in [1.54, 1.807) is 36.7 Å². The van der Waals surface area contributed by atoms with Crippen LogP contribution in [0.3, 0.4) is 0 Å². The number of halogens is 2. The van der Waals surface area contributed by atoms with Gasteiger partial charge in [0.25, 0.3) is 0 Å². The van der Waals surface area contributed by atoms with Crippen LogP contribution in [0, 0.1) is 0 Å². The van der Waals surface area contributed by atoms with E-state index in [-0.39, 0.29) is 5.75 Å². The predicted octanol–water partition coefficient (Wildman–Crippen LogP) is 4.79. The molecule has 8 heteroatoms. The molecule has 0 aliphatic heterocycles. The number of fused-ring (bicyclic) bond motifs is 1. The fourth-order valence-electron chi connectivity index (χ4n) is 2.77. The van der Waals surface area contributed by atoms with Crippen LogP contribution in [0.4, 0.5) is 11.5 Å². The first-order valence-corrected chi connectivity index (χ1v) is 8.47. The van der Waals surface area contributed by atoms with Crippen LogP contribution in [-0.4, -0.2) is 24.6 Å². The maximum Gasteiger partial charge on any atom is 0.158 e. The number of nitrogens with zero attached hydrogens (tertiary/aromatic N) is 4. The number of aromatic nitrogens is 4. The van der Waals surface area contributed by atoms with Gasteiger partial charge < -0.3 is 15.0 Å². The van der Waals surface area contributed by atoms with Gasteiger partial charge in [-0.15, -0.1) is 0 Å². The lowest BCUT2D eigenvalue weighted by atomic mass is 10.2. The topological polar surface area (TPSA) is 75.9 Å². The number of hydrogen-bond acceptors (Lipinski definition) is 5. The Balaban J connectivity index is 1.89. The fraction of sp³-hybridized carbons (Fsp3) is 0.0556. The minimum atomic E-state index is 0.0246. The summed E-state index contributed by atoms with van der Waals surface area (Å²) in [6, 6.07) is 8.85. The molecule has 0 amide bonds. The molecule has 0 saturated heterocycles. The fourth-order valence-corrected chi connectivity index (χ4v) is 3.33. The highest BCUT2D eigenvalue weighted by Crippen LogP contribution is 2.37. The first kappa shape index (κ1) is 16.6. The number of hydrogen-bond donors (Lipinski definition) is 2. The van der Waals surface area contributed by atoms with Crippen molar-refractivity contribution in [2.75, 3.05) is 5.32 Å². The molecule has 0 saturated carbocycles. The average molecular weight is 386 g/mol. The third kappa shape index (κ3) is 2.73. The Morgan fingerprint density at radius 1 is 1.08 bits per heavy atom. The summed E-state index contributed by atoms with van der Waals surface area (Å²) in [5.74, 6) is 1.16. The zero-order valence-corrected chi connectivity index (χ0v) is 15.1. The third-order valence-electron chi connectivity index (χ3n) is 4.04. The minimum absolute atomic E-state index is 0.0246. The SMILES string of the molecule is Cn1c(-c2c(Cl)cccc2Cl)nc2c(Nc3ccncc3O)nccc21. The molecular weight excluding hydrogens is 373 g/mol. The molecule has 0 fully saturated rings. The molecule has 26 heavy (non-hydrogen) atoms. The van der Waals surface area contributed by atoms with Gasteiger partial charge in [0, 0.05) is 19.4 Å². The summed E-state index contributed by atoms with van der Waals surface area (Å²) in [6.45, 7) is 0. The van der Waals surface area contributed by atoms with Gasteiger partial charge in [-0.3, -0.25) is 4.98 Å². The lowest BCUT2D eigenvalue weighted by molar-refractivity contribution is 0.475. The number of benzene rings is 1. The van der Waals surface area contributed by atoms with Crippen molar-refractivity contribution in [3.8, 4) is 17.1 Å². The highest BCUT2D eigenvalue weighted by Gasteiger charge is 2.18. The number of rotatable bonds is 3. The van der Waals surface area contributed by atoms with E-state index in [0.717, 1.165) is 5.52 Å². The van der Waals surface area contributed by atoms with E-state index in [9.17, 15) is 5.11 Å². The van der Waals surface area contributed by atoms with E-state index in [2.05, 4.69) is 15.3 Å². The van der Waals surface area contributed by atoms with Crippen molar-refractivity contribution in [3.63, 3.8) is 0 Å². The summed E-state index contributed by atoms with van der Waals surface area (Å²) in [7, 11) is 1.89. The maximum absolute atomic E-state index is 9.94. The van der Waals surface area contributed by atoms with Crippen LogP contribution in [0.5, 0.6) is 5.75 Å². The second kappa shape index (κ2) is 6.48. The molecule has 1 aromatic carbocycles. The van der Waals surface area contributed by atoms with E-state index in [1.807, 2.05) is 17.7 Å². The summed E-state index contributed by atoms with van der Waals surface area (Å²) < 4.78 is 1.90. The molecule has 0 atom stereocenters. The highest BCUT2D eigenvalue weighted by atomic mass is 35.5. The van der Waals surface area contributed by atoms with Crippen LogP contribution < -0.4 is 5.32 Å². The van der Waals surface area contributed by atoms with Crippen LogP contribution in [-0.2, 0) is 7.05 Å². The molecule has 0 bridgehead atoms. The summed E-state index contributed by atoms with van der Waals surface area (Å²) >= 11 is 12.7. The van der Waals surface area contributed by atoms with Crippen LogP contribution in [0.25, 0.3) is 22.4 Å². The third-order valence-corrected chi connectivity index (χ3v) is 4.67. The maximum atomic E-state index is 9.94. The van der Waals surface area contributed by atoms with Crippen LogP contribution in [0.1, 0.15) is 0 Å². The molecule has 2 N–H and O–H groups in total. The van der Waals surface area contributed by atoms with Crippen molar-refractivity contribution in [2.45, 2.75) is 0 Å². The highest BCUT2D eigenvalue weighted by molar-refractivity contribution is 6.39. The lowest BCUT2D eigenvalue weighted by Gasteiger charge is -2.07. The molecule has 130 valence electrons. The molecular formula is C18H13Cl2N5O. The number of aromatic hydroxyl groups is 1. The largest absolute Gasteiger partial charge is 0.504 e. The van der Waals surface area contributed by atoms with Crippen molar-refractivity contribution in [1.29, 1.82) is 0 Å². The molecule has 0 spiro atoms. The van der Waals surface area contributed by atoms with Crippen molar-refractivity contribution in [1.82, 2.24) is 19.5 Å². The molecule has 0 radical (unpaired) electrons. The van der Waals surface area contributed by atoms with Crippen LogP contribution >= 0.6 is 23.2 Å². The van der Waals surface area contributed by atoms with Gasteiger partial charge in [-0.2, -0.15) is 0 Å². The van der Waals surface area contributed by atoms with Crippen molar-refractivity contribution >= 4 is 45.7 Å². The van der Waals surface area contributed by atoms with Crippen molar-refractivity contribution in [2.24, 2.45) is 7.05 Å². The first-order valence-electron chi connectivity index (χ1n) is 7.72. The second-order valence-corrected chi connectivity index (χ2v) is 6.45. The Kier molecular flexibility index (Phi) is 4.14. The summed E-state index contributed by atoms with van der Waals surface area (Å²) in [5.41, 5.74) is 2.63. The summed E-state index contributed by atoms with van der Waals surface area (Å²) in [5, 5.41) is 14.1. The lowest BCUT2D eigenvalue weighted by Crippen LogP contribution is -1.96. The number of aryl methyl sites for hydroxylation is 1. The van der Waals surface area contributed by atoms with Crippen LogP contribution in [0.15, 0.2) is 48.9 Å². The van der Waals surface area contributed by atoms with Gasteiger partial charge in [0.15, 0.2) is 11.6 Å². The van der Waals surface area contributed by atoms with Crippen molar-refractivity contribution in [3.05, 3.63) is 59.0 Å². The van der Waals surface area contributed by atoms with Gasteiger partial charge in [0.1, 0.15) is 11.3 Å². The molecule has 0 unspecified atom stereocenters. The van der Waals surface area contributed by atoms with E-state index in [4.69, 9.17) is 28.2 Å². The van der Waals surface area contributed by atoms with E-state index in [1.165, 1.54) is 6.20 Å². The Labute approximate surface area is 159 Å². The second-order valence-electron chi connectivity index (χ2n) is 5.64. The molecule has 0 aliphatic carbocycles. The molecule has 4 rings (SSSR count). The molecule has 3 heterocycles. The smallest absolute Gasteiger partial charge is 0.158 e. The molecule has 6 nitrogen and oxygen atoms in total. The Bertz CT molecular complexity index is 1110. The normalized spacial score (nSPS) is 11.0. The summed E-state index contributed by atoms with van der Waals surface area (Å²) in [6.07, 6.45) is 4.61. The van der Waals surface area contributed by atoms with E-state index in [0.29, 0.717) is 38.5 Å². The Morgan fingerprint density at radius 3 is 2.58 bits per heavy atom. The predicted molar refractivity (Wildman–Crippen MR) is 103 cm³/mol. The summed E-state index contributed by atoms with van der Waals surface area (Å²) in [4.78, 5) is 12.9. The standard InChI is InChI=1S/C18H13Cl2N5O/c1-25-13-6-8-22-17(23-12-5-7-21-9-14(12)26)16(13)24-18(25)15-10(19)3-2-4-11(15)20/h2-9,26H,1H3,(H,21,22,23). The van der Waals surface area contributed by atoms with Gasteiger partial charge in [-0.25, -0.2) is 9.97 Å². The van der Waals surface area contributed by atoms with E-state index < -0.39 is 0 Å². The molecule has 3 aromatic heterocycles. The van der Waals surface area contributed by atoms with Gasteiger partial charge in [-0.1, -0.05) is 29.3 Å². The minimum Gasteiger partial charge on any atom is -0.504 e. The zero-order valence-electron chi connectivity index (χ0n) is 13.6. The number of imidazole rings is 1. The zero-order chi connectivity index (χ0) is 18.3. The van der Waals surface area contributed by atoms with Gasteiger partial charge in [0.2, 0.25) is 0 Å². The Morgan fingerprint density at radius 2 is 1.85 bits per heavy atom. The quantitative estimate of drug-likeness (QED) is 0.530. The van der Waals surface area contributed by atoms with Crippen molar-refractivity contribution < 1.29 is 5.11 Å². The van der Waals surface area contributed by atoms with Crippen LogP contribution in [0.2, 0.25) is 10.0 Å². The average Bonchev–Trinajstić information content (AvgIpc) is 2.95. The number of nitrogens with one attached hydrogen (secondary N) is 1. The number of pyridine rings is 2. The van der Waals surface area contributed by atoms with Gasteiger partial charge >= 0.3 is 0 Å². The molecule has 4 aromatic rings. The van der Waals surface area contributed by atoms with Gasteiger partial charge in [-0.05, 0) is 24.3 Å². The molecule has 0 aliphatic rings. The monoisotopic (exact) mass is 385 g/mol. The number of anilines is 2. The first-order chi connectivity index (χ1) is 12.6. The van der Waals surface area contributed by atoms with E-state index >= 15 is 0 Å².